The van der Waals surface area contributed by atoms with Crippen molar-refractivity contribution in [3.05, 3.63) is 32.6 Å². The first-order chi connectivity index (χ1) is 11.0. The van der Waals surface area contributed by atoms with Crippen LogP contribution < -0.4 is 11.2 Å². The highest BCUT2D eigenvalue weighted by atomic mass is 19.1. The highest BCUT2D eigenvalue weighted by Gasteiger charge is 2.63. The van der Waals surface area contributed by atoms with E-state index < -0.39 is 48.0 Å². The second kappa shape index (κ2) is 6.08. The summed E-state index contributed by atoms with van der Waals surface area (Å²) in [4.78, 5) is 25.0. The van der Waals surface area contributed by atoms with Gasteiger partial charge in [-0.05, 0) is 6.92 Å². The average Bonchev–Trinajstić information content (AvgIpc) is 2.69. The Labute approximate surface area is 132 Å². The first-order valence-corrected chi connectivity index (χ1v) is 6.60. The lowest BCUT2D eigenvalue weighted by Crippen LogP contribution is -2.51. The molecule has 9 nitrogen and oxygen atoms in total. The normalized spacial score (nSPS) is 30.0. The smallest absolute Gasteiger partial charge is 0.330 e. The number of rotatable bonds is 2. The number of aliphatic hydroxyl groups excluding tert-OH is 1. The highest BCUT2D eigenvalue weighted by molar-refractivity contribution is 5.24. The molecule has 1 saturated heterocycles. The molecule has 1 aliphatic heterocycles. The largest absolute Gasteiger partial charge is 0.385 e. The molecule has 0 aromatic carbocycles. The van der Waals surface area contributed by atoms with Gasteiger partial charge in [0.1, 0.15) is 12.8 Å². The van der Waals surface area contributed by atoms with Crippen molar-refractivity contribution in [1.29, 1.82) is 0 Å². The van der Waals surface area contributed by atoms with Crippen molar-refractivity contribution in [2.45, 2.75) is 37.0 Å². The van der Waals surface area contributed by atoms with Gasteiger partial charge in [0, 0.05) is 11.8 Å². The van der Waals surface area contributed by atoms with E-state index in [1.165, 1.54) is 6.92 Å². The van der Waals surface area contributed by atoms with E-state index in [1.54, 1.807) is 11.8 Å². The van der Waals surface area contributed by atoms with Gasteiger partial charge in [-0.25, -0.2) is 13.6 Å². The van der Waals surface area contributed by atoms with Crippen molar-refractivity contribution < 1.29 is 33.9 Å². The van der Waals surface area contributed by atoms with Crippen molar-refractivity contribution in [3.63, 3.8) is 0 Å². The topological polar surface area (TPSA) is 145 Å². The van der Waals surface area contributed by atoms with Crippen molar-refractivity contribution in [2.75, 3.05) is 6.67 Å². The molecule has 132 valence electrons. The number of H-pyrrole nitrogens is 1. The van der Waals surface area contributed by atoms with Gasteiger partial charge in [0.25, 0.3) is 5.56 Å². The van der Waals surface area contributed by atoms with Gasteiger partial charge in [-0.3, -0.25) is 14.3 Å². The Bertz CT molecular complexity index is 803. The van der Waals surface area contributed by atoms with Gasteiger partial charge in [-0.2, -0.15) is 0 Å². The summed E-state index contributed by atoms with van der Waals surface area (Å²) in [6.45, 7) is -0.0510. The molecule has 0 radical (unpaired) electrons. The van der Waals surface area contributed by atoms with Gasteiger partial charge in [0.05, 0.1) is 0 Å². The van der Waals surface area contributed by atoms with Crippen LogP contribution in [0.3, 0.4) is 0 Å². The summed E-state index contributed by atoms with van der Waals surface area (Å²) in [5.74, 6) is -0.219. The number of aromatic amines is 1. The van der Waals surface area contributed by atoms with Crippen molar-refractivity contribution in [1.82, 2.24) is 9.55 Å². The second-order valence-electron chi connectivity index (χ2n) is 5.19. The average molecular weight is 348 g/mol. The van der Waals surface area contributed by atoms with Gasteiger partial charge in [-0.15, -0.1) is 0 Å². The van der Waals surface area contributed by atoms with E-state index in [-0.39, 0.29) is 5.69 Å². The third-order valence-corrected chi connectivity index (χ3v) is 3.48. The molecule has 24 heavy (non-hydrogen) atoms. The Balaban J connectivity index is 2.66. The van der Waals surface area contributed by atoms with Crippen LogP contribution in [0.1, 0.15) is 11.9 Å². The number of aromatic nitrogens is 2. The number of ether oxygens (including phenoxy) is 1. The van der Waals surface area contributed by atoms with Crippen LogP contribution in [0.2, 0.25) is 0 Å². The number of hydrogen-bond acceptors (Lipinski definition) is 7. The number of nitrogens with zero attached hydrogens (tertiary/aromatic N) is 1. The summed E-state index contributed by atoms with van der Waals surface area (Å²) < 4.78 is 32.9. The van der Waals surface area contributed by atoms with Crippen LogP contribution in [0.5, 0.6) is 0 Å². The van der Waals surface area contributed by atoms with Crippen LogP contribution in [0.25, 0.3) is 0 Å². The van der Waals surface area contributed by atoms with Crippen molar-refractivity contribution in [3.8, 4) is 11.8 Å². The maximum absolute atomic E-state index is 15.2. The lowest BCUT2D eigenvalue weighted by atomic mass is 9.95. The zero-order valence-corrected chi connectivity index (χ0v) is 12.2. The first kappa shape index (κ1) is 18.2. The van der Waals surface area contributed by atoms with E-state index in [0.29, 0.717) is 4.57 Å². The Hall–Kier alpha value is -2.10. The second-order valence-corrected chi connectivity index (χ2v) is 5.19. The minimum Gasteiger partial charge on any atom is -0.385 e. The standard InChI is InChI=1S/C13H14F2N2O7/c1-6-5-7(18)16-11(20)17(6)10-12(15,3-2-4-14)8(19)9(24-10)13(21,22)23/h5,8-10,19,21-23H,4H2,1H3,(H,16,18,20)/t8?,9?,10?,12-/m1/s1. The predicted octanol–water partition coefficient (Wildman–Crippen LogP) is -2.58. The molecule has 5 N–H and O–H groups in total. The number of nitrogens with one attached hydrogen (secondary N) is 1. The minimum atomic E-state index is -3.66. The molecule has 1 aliphatic rings. The molecule has 4 atom stereocenters. The van der Waals surface area contributed by atoms with Gasteiger partial charge in [-0.1, -0.05) is 11.8 Å². The summed E-state index contributed by atoms with van der Waals surface area (Å²) in [5.41, 5.74) is -5.21. The van der Waals surface area contributed by atoms with Crippen LogP contribution in [0.4, 0.5) is 8.78 Å². The minimum absolute atomic E-state index is 0.106. The molecule has 0 amide bonds. The number of aryl methyl sites for hydroxylation is 1. The third kappa shape index (κ3) is 2.97. The predicted molar refractivity (Wildman–Crippen MR) is 73.0 cm³/mol. The number of hydrogen-bond donors (Lipinski definition) is 5. The molecule has 2 heterocycles. The first-order valence-electron chi connectivity index (χ1n) is 6.60. The van der Waals surface area contributed by atoms with E-state index in [0.717, 1.165) is 6.07 Å². The van der Waals surface area contributed by atoms with Crippen LogP contribution in [0.15, 0.2) is 15.7 Å². The van der Waals surface area contributed by atoms with Crippen LogP contribution >= 0.6 is 0 Å². The number of alkyl halides is 2. The third-order valence-electron chi connectivity index (χ3n) is 3.48. The zero-order valence-electron chi connectivity index (χ0n) is 12.2. The van der Waals surface area contributed by atoms with E-state index in [1.807, 2.05) is 4.98 Å². The summed E-state index contributed by atoms with van der Waals surface area (Å²) in [5, 5.41) is 37.5. The molecule has 3 unspecified atom stereocenters. The van der Waals surface area contributed by atoms with Gasteiger partial charge in [0.15, 0.2) is 12.3 Å². The van der Waals surface area contributed by atoms with E-state index in [9.17, 15) is 34.4 Å². The molecule has 0 saturated carbocycles. The molecule has 0 bridgehead atoms. The van der Waals surface area contributed by atoms with Crippen LogP contribution in [0, 0.1) is 18.8 Å². The fourth-order valence-corrected chi connectivity index (χ4v) is 2.45. The Morgan fingerprint density at radius 3 is 2.58 bits per heavy atom. The van der Waals surface area contributed by atoms with Gasteiger partial charge < -0.3 is 25.2 Å². The van der Waals surface area contributed by atoms with Gasteiger partial charge >= 0.3 is 11.7 Å². The summed E-state index contributed by atoms with van der Waals surface area (Å²) >= 11 is 0. The molecule has 11 heteroatoms. The molecule has 1 fully saturated rings. The Kier molecular flexibility index (Phi) is 4.62. The maximum atomic E-state index is 15.2. The lowest BCUT2D eigenvalue weighted by Gasteiger charge is -2.25. The summed E-state index contributed by atoms with van der Waals surface area (Å²) in [7, 11) is 0. The van der Waals surface area contributed by atoms with E-state index >= 15 is 4.39 Å². The quantitative estimate of drug-likeness (QED) is 0.291. The zero-order chi connectivity index (χ0) is 18.3. The van der Waals surface area contributed by atoms with Gasteiger partial charge in [0.2, 0.25) is 5.67 Å². The summed E-state index contributed by atoms with van der Waals surface area (Å²) in [6.07, 6.45) is -6.86. The lowest BCUT2D eigenvalue weighted by molar-refractivity contribution is -0.368. The van der Waals surface area contributed by atoms with E-state index in [4.69, 9.17) is 4.74 Å². The molecular formula is C13H14F2N2O7. The monoisotopic (exact) mass is 348 g/mol. The fourth-order valence-electron chi connectivity index (χ4n) is 2.45. The molecule has 2 rings (SSSR count). The van der Waals surface area contributed by atoms with Crippen molar-refractivity contribution in [2.24, 2.45) is 0 Å². The molecule has 0 spiro atoms. The fraction of sp³-hybridized carbons (Fsp3) is 0.538. The van der Waals surface area contributed by atoms with Crippen LogP contribution in [-0.2, 0) is 4.74 Å². The van der Waals surface area contributed by atoms with Crippen LogP contribution in [-0.4, -0.2) is 60.5 Å². The van der Waals surface area contributed by atoms with Crippen molar-refractivity contribution >= 4 is 0 Å². The molecule has 0 aliphatic carbocycles. The Morgan fingerprint density at radius 1 is 1.46 bits per heavy atom. The maximum Gasteiger partial charge on any atom is 0.330 e. The van der Waals surface area contributed by atoms with E-state index in [2.05, 4.69) is 0 Å². The molecule has 1 aromatic heterocycles. The highest BCUT2D eigenvalue weighted by Crippen LogP contribution is 2.43. The molecule has 1 aromatic rings. The number of halogens is 2. The number of aliphatic hydroxyl groups is 4. The Morgan fingerprint density at radius 2 is 2.08 bits per heavy atom. The SMILES string of the molecule is Cc1cc(=O)[nH]c(=O)n1C1OC(C(O)(O)O)C(O)[C@]1(F)C#CCF. The summed E-state index contributed by atoms with van der Waals surface area (Å²) in [6, 6.07) is 0.914. The molecular weight excluding hydrogens is 334 g/mol.